The quantitative estimate of drug-likeness (QED) is 0.853. The van der Waals surface area contributed by atoms with Crippen LogP contribution in [-0.2, 0) is 18.9 Å². The molecule has 0 radical (unpaired) electrons. The maximum Gasteiger partial charge on any atom is 0.172 e. The second kappa shape index (κ2) is 7.58. The van der Waals surface area contributed by atoms with Gasteiger partial charge >= 0.3 is 0 Å². The molecule has 1 spiro atoms. The van der Waals surface area contributed by atoms with Crippen molar-refractivity contribution in [1.82, 2.24) is 5.32 Å². The van der Waals surface area contributed by atoms with Crippen LogP contribution in [0, 0.1) is 0 Å². The maximum absolute atomic E-state index is 6.37. The first-order chi connectivity index (χ1) is 11.8. The number of ether oxygens (including phenoxy) is 4. The number of hydrogen-bond acceptors (Lipinski definition) is 5. The van der Waals surface area contributed by atoms with Gasteiger partial charge in [-0.15, -0.1) is 0 Å². The lowest BCUT2D eigenvalue weighted by Gasteiger charge is -2.32. The van der Waals surface area contributed by atoms with Crippen LogP contribution in [-0.4, -0.2) is 50.1 Å². The molecule has 24 heavy (non-hydrogen) atoms. The van der Waals surface area contributed by atoms with Gasteiger partial charge in [-0.05, 0) is 32.1 Å². The van der Waals surface area contributed by atoms with Crippen molar-refractivity contribution in [1.29, 1.82) is 0 Å². The van der Waals surface area contributed by atoms with Crippen molar-refractivity contribution in [3.8, 4) is 0 Å². The average Bonchev–Trinajstić information content (AvgIpc) is 3.21. The van der Waals surface area contributed by atoms with Gasteiger partial charge in [0.25, 0.3) is 0 Å². The summed E-state index contributed by atoms with van der Waals surface area (Å²) < 4.78 is 24.3. The largest absolute Gasteiger partial charge is 0.354 e. The lowest BCUT2D eigenvalue weighted by molar-refractivity contribution is -0.206. The Labute approximate surface area is 145 Å². The van der Waals surface area contributed by atoms with Gasteiger partial charge in [-0.3, -0.25) is 0 Å². The van der Waals surface area contributed by atoms with Crippen molar-refractivity contribution < 1.29 is 18.9 Å². The minimum atomic E-state index is -0.316. The van der Waals surface area contributed by atoms with Gasteiger partial charge in [0.05, 0.1) is 18.8 Å². The van der Waals surface area contributed by atoms with Gasteiger partial charge in [0.2, 0.25) is 0 Å². The van der Waals surface area contributed by atoms with E-state index in [-0.39, 0.29) is 30.3 Å². The first kappa shape index (κ1) is 17.2. The summed E-state index contributed by atoms with van der Waals surface area (Å²) in [6.07, 6.45) is 13.4. The van der Waals surface area contributed by atoms with Crippen molar-refractivity contribution >= 4 is 0 Å². The highest BCUT2D eigenvalue weighted by atomic mass is 16.8. The Morgan fingerprint density at radius 1 is 0.958 bits per heavy atom. The van der Waals surface area contributed by atoms with Crippen LogP contribution in [0.5, 0.6) is 0 Å². The Morgan fingerprint density at radius 3 is 2.46 bits per heavy atom. The molecule has 4 fully saturated rings. The standard InChI is InChI=1S/C19H33NO4/c1-21-18-15(20-14-8-4-2-5-9-14)12-16(23-18)17-13-22-19(24-17)10-6-3-7-11-19/h14-18,20H,2-13H2,1H3/t15-,16-,17-,18-/m1/s1. The molecule has 5 nitrogen and oxygen atoms in total. The Bertz CT molecular complexity index is 406. The molecule has 2 aliphatic heterocycles. The van der Waals surface area contributed by atoms with Crippen LogP contribution < -0.4 is 5.32 Å². The van der Waals surface area contributed by atoms with Crippen LogP contribution >= 0.6 is 0 Å². The van der Waals surface area contributed by atoms with E-state index in [9.17, 15) is 0 Å². The predicted octanol–water partition coefficient (Wildman–Crippen LogP) is 3.11. The minimum absolute atomic E-state index is 0.0545. The zero-order valence-corrected chi connectivity index (χ0v) is 15.0. The van der Waals surface area contributed by atoms with E-state index in [1.165, 1.54) is 51.4 Å². The lowest BCUT2D eigenvalue weighted by Crippen LogP contribution is -2.44. The molecule has 5 heteroatoms. The fraction of sp³-hybridized carbons (Fsp3) is 1.00. The minimum Gasteiger partial charge on any atom is -0.354 e. The van der Waals surface area contributed by atoms with Crippen LogP contribution in [0.3, 0.4) is 0 Å². The highest BCUT2D eigenvalue weighted by Crippen LogP contribution is 2.40. The van der Waals surface area contributed by atoms with Gasteiger partial charge in [0.1, 0.15) is 6.10 Å². The lowest BCUT2D eigenvalue weighted by atomic mass is 9.94. The third-order valence-electron chi connectivity index (χ3n) is 6.32. The van der Waals surface area contributed by atoms with E-state index < -0.39 is 0 Å². The Balaban J connectivity index is 1.33. The summed E-state index contributed by atoms with van der Waals surface area (Å²) in [4.78, 5) is 0. The molecule has 0 aromatic carbocycles. The Morgan fingerprint density at radius 2 is 1.71 bits per heavy atom. The molecule has 2 aliphatic carbocycles. The Hall–Kier alpha value is -0.200. The van der Waals surface area contributed by atoms with Crippen LogP contribution in [0.15, 0.2) is 0 Å². The van der Waals surface area contributed by atoms with Crippen molar-refractivity contribution in [2.45, 2.75) is 107 Å². The fourth-order valence-corrected chi connectivity index (χ4v) is 4.98. The van der Waals surface area contributed by atoms with Gasteiger partial charge in [0.15, 0.2) is 12.1 Å². The molecule has 1 N–H and O–H groups in total. The van der Waals surface area contributed by atoms with Crippen molar-refractivity contribution in [2.75, 3.05) is 13.7 Å². The van der Waals surface area contributed by atoms with Crippen LogP contribution in [0.4, 0.5) is 0 Å². The first-order valence-electron chi connectivity index (χ1n) is 10.0. The second-order valence-electron chi connectivity index (χ2n) is 8.06. The molecule has 2 saturated heterocycles. The van der Waals surface area contributed by atoms with Crippen molar-refractivity contribution in [3.05, 3.63) is 0 Å². The predicted molar refractivity (Wildman–Crippen MR) is 90.7 cm³/mol. The first-order valence-corrected chi connectivity index (χ1v) is 10.0. The molecule has 0 unspecified atom stereocenters. The molecule has 4 rings (SSSR count). The van der Waals surface area contributed by atoms with E-state index in [0.29, 0.717) is 12.6 Å². The monoisotopic (exact) mass is 339 g/mol. The third-order valence-corrected chi connectivity index (χ3v) is 6.32. The van der Waals surface area contributed by atoms with Gasteiger partial charge in [0, 0.05) is 26.0 Å². The van der Waals surface area contributed by atoms with Crippen LogP contribution in [0.2, 0.25) is 0 Å². The van der Waals surface area contributed by atoms with Gasteiger partial charge < -0.3 is 24.3 Å². The zero-order chi connectivity index (χ0) is 16.4. The fourth-order valence-electron chi connectivity index (χ4n) is 4.98. The molecule has 0 aromatic rings. The van der Waals surface area contributed by atoms with Gasteiger partial charge in [-0.1, -0.05) is 25.7 Å². The topological polar surface area (TPSA) is 49.0 Å². The molecule has 2 saturated carbocycles. The molecular weight excluding hydrogens is 306 g/mol. The number of rotatable bonds is 4. The van der Waals surface area contributed by atoms with E-state index in [0.717, 1.165) is 19.3 Å². The number of nitrogens with one attached hydrogen (secondary N) is 1. The highest BCUT2D eigenvalue weighted by Gasteiger charge is 2.49. The summed E-state index contributed by atoms with van der Waals surface area (Å²) in [6, 6.07) is 0.892. The molecule has 0 bridgehead atoms. The highest BCUT2D eigenvalue weighted by molar-refractivity contribution is 4.93. The zero-order valence-electron chi connectivity index (χ0n) is 15.0. The van der Waals surface area contributed by atoms with E-state index >= 15 is 0 Å². The van der Waals surface area contributed by atoms with E-state index in [4.69, 9.17) is 18.9 Å². The molecule has 138 valence electrons. The normalized spacial score (nSPS) is 40.4. The maximum atomic E-state index is 6.37. The molecular formula is C19H33NO4. The van der Waals surface area contributed by atoms with E-state index in [1.54, 1.807) is 7.11 Å². The SMILES string of the molecule is CO[C@@H]1O[C@@H]([C@H]2COC3(CCCCC3)O2)C[C@H]1NC1CCCCC1. The third kappa shape index (κ3) is 3.65. The van der Waals surface area contributed by atoms with Gasteiger partial charge in [-0.2, -0.15) is 0 Å². The van der Waals surface area contributed by atoms with Crippen molar-refractivity contribution in [2.24, 2.45) is 0 Å². The molecule has 2 heterocycles. The van der Waals surface area contributed by atoms with Crippen LogP contribution in [0.1, 0.15) is 70.6 Å². The smallest absolute Gasteiger partial charge is 0.172 e. The van der Waals surface area contributed by atoms with E-state index in [1.807, 2.05) is 0 Å². The number of hydrogen-bond donors (Lipinski definition) is 1. The average molecular weight is 339 g/mol. The van der Waals surface area contributed by atoms with Crippen molar-refractivity contribution in [3.63, 3.8) is 0 Å². The number of methoxy groups -OCH3 is 1. The summed E-state index contributed by atoms with van der Waals surface area (Å²) in [5, 5.41) is 3.80. The summed E-state index contributed by atoms with van der Waals surface area (Å²) in [7, 11) is 1.75. The summed E-state index contributed by atoms with van der Waals surface area (Å²) in [6.45, 7) is 0.664. The van der Waals surface area contributed by atoms with Gasteiger partial charge in [-0.25, -0.2) is 0 Å². The molecule has 4 aliphatic rings. The van der Waals surface area contributed by atoms with E-state index in [2.05, 4.69) is 5.32 Å². The summed E-state index contributed by atoms with van der Waals surface area (Å²) in [5.41, 5.74) is 0. The van der Waals surface area contributed by atoms with Crippen LogP contribution in [0.25, 0.3) is 0 Å². The Kier molecular flexibility index (Phi) is 5.44. The molecule has 4 atom stereocenters. The summed E-state index contributed by atoms with van der Waals surface area (Å²) in [5.74, 6) is -0.316. The summed E-state index contributed by atoms with van der Waals surface area (Å²) >= 11 is 0. The second-order valence-corrected chi connectivity index (χ2v) is 8.06. The molecule has 0 amide bonds. The molecule has 0 aromatic heterocycles.